The SMILES string of the molecule is CC(C)CCC(C)(O)CNC(=O)Nc1ccsc1. The molecule has 1 rings (SSSR count). The predicted octanol–water partition coefficient (Wildman–Crippen LogP) is 3.06. The van der Waals surface area contributed by atoms with Crippen LogP contribution in [0.25, 0.3) is 0 Å². The number of urea groups is 1. The van der Waals surface area contributed by atoms with Gasteiger partial charge < -0.3 is 15.7 Å². The first-order valence-corrected chi connectivity index (χ1v) is 7.13. The van der Waals surface area contributed by atoms with Gasteiger partial charge in [0.15, 0.2) is 0 Å². The molecule has 5 heteroatoms. The molecule has 0 spiro atoms. The van der Waals surface area contributed by atoms with E-state index < -0.39 is 5.60 Å². The fourth-order valence-corrected chi connectivity index (χ4v) is 2.06. The molecule has 102 valence electrons. The Morgan fingerprint density at radius 1 is 1.56 bits per heavy atom. The summed E-state index contributed by atoms with van der Waals surface area (Å²) in [5.74, 6) is 0.552. The number of hydrogen-bond acceptors (Lipinski definition) is 3. The number of amides is 2. The Labute approximate surface area is 112 Å². The molecule has 4 nitrogen and oxygen atoms in total. The Morgan fingerprint density at radius 3 is 2.83 bits per heavy atom. The van der Waals surface area contributed by atoms with Gasteiger partial charge >= 0.3 is 6.03 Å². The molecule has 0 aliphatic rings. The highest BCUT2D eigenvalue weighted by molar-refractivity contribution is 7.08. The Hall–Kier alpha value is -1.07. The quantitative estimate of drug-likeness (QED) is 0.744. The Morgan fingerprint density at radius 2 is 2.28 bits per heavy atom. The molecule has 0 aromatic carbocycles. The lowest BCUT2D eigenvalue weighted by atomic mass is 9.95. The summed E-state index contributed by atoms with van der Waals surface area (Å²) in [4.78, 5) is 11.6. The zero-order valence-corrected chi connectivity index (χ0v) is 12.0. The fraction of sp³-hybridized carbons (Fsp3) is 0.615. The van der Waals surface area contributed by atoms with Crippen LogP contribution < -0.4 is 10.6 Å². The molecule has 1 heterocycles. The van der Waals surface area contributed by atoms with Gasteiger partial charge in [0.05, 0.1) is 11.3 Å². The number of thiophene rings is 1. The minimum absolute atomic E-state index is 0.260. The van der Waals surface area contributed by atoms with Gasteiger partial charge in [-0.15, -0.1) is 0 Å². The molecule has 2 amide bonds. The monoisotopic (exact) mass is 270 g/mol. The third-order valence-corrected chi connectivity index (χ3v) is 3.35. The molecule has 0 aliphatic carbocycles. The van der Waals surface area contributed by atoms with Crippen molar-refractivity contribution in [2.45, 2.75) is 39.2 Å². The molecule has 0 aliphatic heterocycles. The van der Waals surface area contributed by atoms with Crippen molar-refractivity contribution in [1.82, 2.24) is 5.32 Å². The van der Waals surface area contributed by atoms with E-state index in [1.165, 1.54) is 11.3 Å². The van der Waals surface area contributed by atoms with E-state index in [9.17, 15) is 9.90 Å². The van der Waals surface area contributed by atoms with Gasteiger partial charge in [0.2, 0.25) is 0 Å². The molecule has 1 atom stereocenters. The highest BCUT2D eigenvalue weighted by atomic mass is 32.1. The lowest BCUT2D eigenvalue weighted by molar-refractivity contribution is 0.0481. The normalized spacial score (nSPS) is 14.3. The maximum atomic E-state index is 11.6. The van der Waals surface area contributed by atoms with Crippen LogP contribution in [-0.2, 0) is 0 Å². The van der Waals surface area contributed by atoms with Gasteiger partial charge in [-0.05, 0) is 37.1 Å². The van der Waals surface area contributed by atoms with Gasteiger partial charge in [0.1, 0.15) is 0 Å². The molecule has 0 saturated heterocycles. The number of anilines is 1. The van der Waals surface area contributed by atoms with Gasteiger partial charge in [0.25, 0.3) is 0 Å². The summed E-state index contributed by atoms with van der Waals surface area (Å²) < 4.78 is 0. The van der Waals surface area contributed by atoms with Gasteiger partial charge in [-0.3, -0.25) is 0 Å². The lowest BCUT2D eigenvalue weighted by Crippen LogP contribution is -2.42. The second-order valence-corrected chi connectivity index (χ2v) is 6.03. The van der Waals surface area contributed by atoms with Crippen molar-refractivity contribution in [2.24, 2.45) is 5.92 Å². The van der Waals surface area contributed by atoms with Gasteiger partial charge in [0, 0.05) is 11.9 Å². The number of hydrogen-bond donors (Lipinski definition) is 3. The van der Waals surface area contributed by atoms with E-state index in [0.29, 0.717) is 12.3 Å². The predicted molar refractivity (Wildman–Crippen MR) is 76.0 cm³/mol. The van der Waals surface area contributed by atoms with Crippen molar-refractivity contribution in [3.63, 3.8) is 0 Å². The van der Waals surface area contributed by atoms with Crippen LogP contribution >= 0.6 is 11.3 Å². The summed E-state index contributed by atoms with van der Waals surface area (Å²) in [5.41, 5.74) is -0.0738. The summed E-state index contributed by atoms with van der Waals surface area (Å²) in [6, 6.07) is 1.56. The molecule has 0 saturated carbocycles. The van der Waals surface area contributed by atoms with Crippen LogP contribution in [-0.4, -0.2) is 23.3 Å². The summed E-state index contributed by atoms with van der Waals surface area (Å²) in [5, 5.41) is 19.3. The van der Waals surface area contributed by atoms with Crippen LogP contribution in [0.2, 0.25) is 0 Å². The summed E-state index contributed by atoms with van der Waals surface area (Å²) in [6.07, 6.45) is 1.63. The van der Waals surface area contributed by atoms with Crippen LogP contribution in [0.15, 0.2) is 16.8 Å². The van der Waals surface area contributed by atoms with Crippen molar-refractivity contribution in [2.75, 3.05) is 11.9 Å². The number of nitrogens with one attached hydrogen (secondary N) is 2. The largest absolute Gasteiger partial charge is 0.388 e. The number of aliphatic hydroxyl groups is 1. The molecule has 1 aromatic heterocycles. The summed E-state index contributed by atoms with van der Waals surface area (Å²) in [6.45, 7) is 6.25. The molecule has 0 radical (unpaired) electrons. The van der Waals surface area contributed by atoms with Crippen molar-refractivity contribution in [3.8, 4) is 0 Å². The van der Waals surface area contributed by atoms with Crippen LogP contribution in [0.4, 0.5) is 10.5 Å². The van der Waals surface area contributed by atoms with E-state index in [2.05, 4.69) is 24.5 Å². The third kappa shape index (κ3) is 6.02. The number of carbonyl (C=O) groups is 1. The van der Waals surface area contributed by atoms with Gasteiger partial charge in [-0.25, -0.2) is 4.79 Å². The van der Waals surface area contributed by atoms with Crippen molar-refractivity contribution >= 4 is 23.1 Å². The zero-order chi connectivity index (χ0) is 13.6. The van der Waals surface area contributed by atoms with Gasteiger partial charge in [-0.1, -0.05) is 13.8 Å². The van der Waals surface area contributed by atoms with E-state index in [0.717, 1.165) is 12.1 Å². The van der Waals surface area contributed by atoms with E-state index in [1.807, 2.05) is 16.8 Å². The maximum absolute atomic E-state index is 11.6. The zero-order valence-electron chi connectivity index (χ0n) is 11.2. The van der Waals surface area contributed by atoms with E-state index in [4.69, 9.17) is 0 Å². The third-order valence-electron chi connectivity index (χ3n) is 2.67. The minimum Gasteiger partial charge on any atom is -0.388 e. The molecule has 0 bridgehead atoms. The summed E-state index contributed by atoms with van der Waals surface area (Å²) in [7, 11) is 0. The number of rotatable bonds is 6. The lowest BCUT2D eigenvalue weighted by Gasteiger charge is -2.24. The fourth-order valence-electron chi connectivity index (χ4n) is 1.47. The first-order chi connectivity index (χ1) is 8.39. The second-order valence-electron chi connectivity index (χ2n) is 5.25. The molecule has 18 heavy (non-hydrogen) atoms. The topological polar surface area (TPSA) is 61.4 Å². The molecular formula is C13H22N2O2S. The second kappa shape index (κ2) is 6.75. The maximum Gasteiger partial charge on any atom is 0.319 e. The Balaban J connectivity index is 2.28. The first-order valence-electron chi connectivity index (χ1n) is 6.18. The molecule has 1 aromatic rings. The first kappa shape index (κ1) is 15.0. The molecule has 1 unspecified atom stereocenters. The van der Waals surface area contributed by atoms with Crippen molar-refractivity contribution in [1.29, 1.82) is 0 Å². The van der Waals surface area contributed by atoms with E-state index in [1.54, 1.807) is 6.92 Å². The van der Waals surface area contributed by atoms with Gasteiger partial charge in [-0.2, -0.15) is 11.3 Å². The van der Waals surface area contributed by atoms with Crippen LogP contribution in [0.5, 0.6) is 0 Å². The average Bonchev–Trinajstić information content (AvgIpc) is 2.77. The van der Waals surface area contributed by atoms with E-state index in [-0.39, 0.29) is 12.6 Å². The minimum atomic E-state index is -0.851. The van der Waals surface area contributed by atoms with E-state index >= 15 is 0 Å². The highest BCUT2D eigenvalue weighted by Crippen LogP contribution is 2.16. The number of carbonyl (C=O) groups excluding carboxylic acids is 1. The summed E-state index contributed by atoms with van der Waals surface area (Å²) >= 11 is 1.52. The van der Waals surface area contributed by atoms with Crippen LogP contribution in [0.3, 0.4) is 0 Å². The molecule has 3 N–H and O–H groups in total. The molecular weight excluding hydrogens is 248 g/mol. The van der Waals surface area contributed by atoms with Crippen molar-refractivity contribution in [3.05, 3.63) is 16.8 Å². The van der Waals surface area contributed by atoms with Crippen LogP contribution in [0.1, 0.15) is 33.6 Å². The van der Waals surface area contributed by atoms with Crippen molar-refractivity contribution < 1.29 is 9.90 Å². The standard InChI is InChI=1S/C13H22N2O2S/c1-10(2)4-6-13(3,17)9-14-12(16)15-11-5-7-18-8-11/h5,7-8,10,17H,4,6,9H2,1-3H3,(H2,14,15,16). The van der Waals surface area contributed by atoms with Crippen LogP contribution in [0, 0.1) is 5.92 Å². The Bertz CT molecular complexity index is 361. The smallest absolute Gasteiger partial charge is 0.319 e. The average molecular weight is 270 g/mol. The Kier molecular flexibility index (Phi) is 5.62. The highest BCUT2D eigenvalue weighted by Gasteiger charge is 2.21. The molecule has 0 fully saturated rings.